The molecule has 1 aliphatic rings. The second-order valence-electron chi connectivity index (χ2n) is 4.52. The molecule has 3 rings (SSSR count). The Balaban J connectivity index is 1.80. The zero-order valence-electron chi connectivity index (χ0n) is 11.2. The summed E-state index contributed by atoms with van der Waals surface area (Å²) in [7, 11) is -3.63. The minimum atomic E-state index is -3.63. The summed E-state index contributed by atoms with van der Waals surface area (Å²) in [5.41, 5.74) is 0. The molecule has 0 amide bonds. The topological polar surface area (TPSA) is 93.3 Å². The second-order valence-corrected chi connectivity index (χ2v) is 6.29. The summed E-state index contributed by atoms with van der Waals surface area (Å²) in [5.74, 6) is 1.57. The minimum absolute atomic E-state index is 0.101. The zero-order valence-corrected chi connectivity index (χ0v) is 12.0. The van der Waals surface area contributed by atoms with E-state index < -0.39 is 10.0 Å². The van der Waals surface area contributed by atoms with Crippen LogP contribution in [0.5, 0.6) is 11.5 Å². The predicted molar refractivity (Wildman–Crippen MR) is 74.7 cm³/mol. The highest BCUT2D eigenvalue weighted by Crippen LogP contribution is 2.31. The van der Waals surface area contributed by atoms with Gasteiger partial charge in [0, 0.05) is 24.9 Å². The standard InChI is InChI=1S/C13H15N3O4S/c17-21(18,16-9-13-14-4-5-15-13)10-2-3-11-12(8-10)20-7-1-6-19-11/h2-5,8,16H,1,6-7,9H2,(H,14,15). The maximum absolute atomic E-state index is 12.2. The van der Waals surface area contributed by atoms with Gasteiger partial charge in [-0.05, 0) is 12.1 Å². The Bertz CT molecular complexity index is 713. The van der Waals surface area contributed by atoms with Gasteiger partial charge in [-0.3, -0.25) is 0 Å². The Labute approximate surface area is 122 Å². The first-order chi connectivity index (χ1) is 10.1. The molecule has 0 saturated carbocycles. The summed E-state index contributed by atoms with van der Waals surface area (Å²) in [4.78, 5) is 6.94. The van der Waals surface area contributed by atoms with Crippen LogP contribution in [-0.4, -0.2) is 31.6 Å². The first kappa shape index (κ1) is 13.9. The molecule has 0 saturated heterocycles. The van der Waals surface area contributed by atoms with Gasteiger partial charge in [-0.2, -0.15) is 0 Å². The number of sulfonamides is 1. The molecule has 0 spiro atoms. The molecule has 0 bridgehead atoms. The van der Waals surface area contributed by atoms with Crippen molar-refractivity contribution in [1.29, 1.82) is 0 Å². The Morgan fingerprint density at radius 1 is 1.24 bits per heavy atom. The SMILES string of the molecule is O=S(=O)(NCc1ncc[nH]1)c1ccc2c(c1)OCCCO2. The van der Waals surface area contributed by atoms with E-state index in [-0.39, 0.29) is 11.4 Å². The van der Waals surface area contributed by atoms with Gasteiger partial charge in [0.15, 0.2) is 11.5 Å². The maximum atomic E-state index is 12.2. The van der Waals surface area contributed by atoms with Crippen LogP contribution in [0, 0.1) is 0 Å². The number of hydrogen-bond donors (Lipinski definition) is 2. The van der Waals surface area contributed by atoms with Crippen LogP contribution in [0.2, 0.25) is 0 Å². The Morgan fingerprint density at radius 2 is 2.05 bits per heavy atom. The van der Waals surface area contributed by atoms with Crippen LogP contribution < -0.4 is 14.2 Å². The van der Waals surface area contributed by atoms with Gasteiger partial charge in [-0.25, -0.2) is 18.1 Å². The smallest absolute Gasteiger partial charge is 0.241 e. The van der Waals surface area contributed by atoms with Crippen molar-refractivity contribution >= 4 is 10.0 Å². The fraction of sp³-hybridized carbons (Fsp3) is 0.308. The van der Waals surface area contributed by atoms with Gasteiger partial charge < -0.3 is 14.5 Å². The van der Waals surface area contributed by atoms with Crippen molar-refractivity contribution in [3.8, 4) is 11.5 Å². The summed E-state index contributed by atoms with van der Waals surface area (Å²) in [5, 5.41) is 0. The van der Waals surface area contributed by atoms with Crippen molar-refractivity contribution in [2.24, 2.45) is 0 Å². The number of aromatic amines is 1. The number of imidazole rings is 1. The van der Waals surface area contributed by atoms with Gasteiger partial charge >= 0.3 is 0 Å². The van der Waals surface area contributed by atoms with Crippen molar-refractivity contribution in [2.75, 3.05) is 13.2 Å². The molecule has 21 heavy (non-hydrogen) atoms. The average molecular weight is 309 g/mol. The van der Waals surface area contributed by atoms with Crippen LogP contribution in [0.4, 0.5) is 0 Å². The molecule has 0 aliphatic carbocycles. The number of fused-ring (bicyclic) bond motifs is 1. The lowest BCUT2D eigenvalue weighted by molar-refractivity contribution is 0.297. The molecule has 0 radical (unpaired) electrons. The van der Waals surface area contributed by atoms with Gasteiger partial charge in [0.05, 0.1) is 24.7 Å². The first-order valence-corrected chi connectivity index (χ1v) is 8.01. The molecule has 1 aliphatic heterocycles. The number of ether oxygens (including phenoxy) is 2. The molecule has 0 unspecified atom stereocenters. The summed E-state index contributed by atoms with van der Waals surface area (Å²) in [6.07, 6.45) is 3.97. The van der Waals surface area contributed by atoms with E-state index in [1.807, 2.05) is 0 Å². The summed E-state index contributed by atoms with van der Waals surface area (Å²) in [6, 6.07) is 4.59. The highest BCUT2D eigenvalue weighted by Gasteiger charge is 2.18. The van der Waals surface area contributed by atoms with Crippen LogP contribution in [-0.2, 0) is 16.6 Å². The fourth-order valence-corrected chi connectivity index (χ4v) is 2.95. The third-order valence-corrected chi connectivity index (χ3v) is 4.41. The number of rotatable bonds is 4. The van der Waals surface area contributed by atoms with E-state index in [4.69, 9.17) is 9.47 Å². The van der Waals surface area contributed by atoms with Crippen LogP contribution in [0.15, 0.2) is 35.5 Å². The first-order valence-electron chi connectivity index (χ1n) is 6.53. The van der Waals surface area contributed by atoms with Gasteiger partial charge in [-0.1, -0.05) is 0 Å². The van der Waals surface area contributed by atoms with E-state index >= 15 is 0 Å². The van der Waals surface area contributed by atoms with Crippen LogP contribution >= 0.6 is 0 Å². The monoisotopic (exact) mass is 309 g/mol. The van der Waals surface area contributed by atoms with Crippen LogP contribution in [0.3, 0.4) is 0 Å². The molecule has 2 aromatic rings. The molecule has 112 valence electrons. The van der Waals surface area contributed by atoms with E-state index in [0.29, 0.717) is 30.5 Å². The molecule has 2 N–H and O–H groups in total. The van der Waals surface area contributed by atoms with Crippen LogP contribution in [0.1, 0.15) is 12.2 Å². The van der Waals surface area contributed by atoms with Crippen molar-refractivity contribution in [2.45, 2.75) is 17.9 Å². The lowest BCUT2D eigenvalue weighted by Gasteiger charge is -2.10. The summed E-state index contributed by atoms with van der Waals surface area (Å²) >= 11 is 0. The quantitative estimate of drug-likeness (QED) is 0.880. The minimum Gasteiger partial charge on any atom is -0.490 e. The molecule has 0 atom stereocenters. The van der Waals surface area contributed by atoms with Crippen molar-refractivity contribution in [3.63, 3.8) is 0 Å². The molecular formula is C13H15N3O4S. The highest BCUT2D eigenvalue weighted by atomic mass is 32.2. The van der Waals surface area contributed by atoms with E-state index in [0.717, 1.165) is 6.42 Å². The van der Waals surface area contributed by atoms with E-state index in [9.17, 15) is 8.42 Å². The van der Waals surface area contributed by atoms with Crippen molar-refractivity contribution in [1.82, 2.24) is 14.7 Å². The van der Waals surface area contributed by atoms with E-state index in [1.165, 1.54) is 12.1 Å². The van der Waals surface area contributed by atoms with Crippen molar-refractivity contribution < 1.29 is 17.9 Å². The Kier molecular flexibility index (Phi) is 3.80. The number of benzene rings is 1. The van der Waals surface area contributed by atoms with Crippen LogP contribution in [0.25, 0.3) is 0 Å². The number of aromatic nitrogens is 2. The molecule has 7 nitrogen and oxygen atoms in total. The predicted octanol–water partition coefficient (Wildman–Crippen LogP) is 1.05. The highest BCUT2D eigenvalue weighted by molar-refractivity contribution is 7.89. The molecular weight excluding hydrogens is 294 g/mol. The molecule has 2 heterocycles. The Hall–Kier alpha value is -2.06. The van der Waals surface area contributed by atoms with E-state index in [1.54, 1.807) is 18.5 Å². The number of H-pyrrole nitrogens is 1. The Morgan fingerprint density at radius 3 is 2.81 bits per heavy atom. The van der Waals surface area contributed by atoms with Gasteiger partial charge in [-0.15, -0.1) is 0 Å². The normalized spacial score (nSPS) is 14.7. The third-order valence-electron chi connectivity index (χ3n) is 3.01. The van der Waals surface area contributed by atoms with E-state index in [2.05, 4.69) is 14.7 Å². The molecule has 0 fully saturated rings. The second kappa shape index (κ2) is 5.74. The lowest BCUT2D eigenvalue weighted by atomic mass is 10.3. The molecule has 1 aromatic carbocycles. The van der Waals surface area contributed by atoms with Gasteiger partial charge in [0.1, 0.15) is 5.82 Å². The number of nitrogens with one attached hydrogen (secondary N) is 2. The summed E-state index contributed by atoms with van der Waals surface area (Å²) in [6.45, 7) is 1.18. The third kappa shape index (κ3) is 3.17. The van der Waals surface area contributed by atoms with Crippen molar-refractivity contribution in [3.05, 3.63) is 36.4 Å². The number of hydrogen-bond acceptors (Lipinski definition) is 5. The number of nitrogens with zero attached hydrogens (tertiary/aromatic N) is 1. The molecule has 1 aromatic heterocycles. The largest absolute Gasteiger partial charge is 0.490 e. The zero-order chi connectivity index (χ0) is 14.7. The average Bonchev–Trinajstić information content (AvgIpc) is 2.89. The fourth-order valence-electron chi connectivity index (χ4n) is 1.95. The van der Waals surface area contributed by atoms with Gasteiger partial charge in [0.25, 0.3) is 0 Å². The summed E-state index contributed by atoms with van der Waals surface area (Å²) < 4.78 is 38.0. The lowest BCUT2D eigenvalue weighted by Crippen LogP contribution is -2.23. The van der Waals surface area contributed by atoms with Gasteiger partial charge in [0.2, 0.25) is 10.0 Å². The maximum Gasteiger partial charge on any atom is 0.241 e. The molecule has 8 heteroatoms.